The fourth-order valence-electron chi connectivity index (χ4n) is 3.92. The van der Waals surface area contributed by atoms with Crippen LogP contribution in [0.1, 0.15) is 0 Å². The lowest BCUT2D eigenvalue weighted by molar-refractivity contribution is -0.137. The van der Waals surface area contributed by atoms with Gasteiger partial charge < -0.3 is 29.8 Å². The van der Waals surface area contributed by atoms with Crippen LogP contribution in [-0.4, -0.2) is 65.8 Å². The minimum Gasteiger partial charge on any atom is -0.491 e. The number of anilines is 2. The van der Waals surface area contributed by atoms with Gasteiger partial charge in [0.15, 0.2) is 17.3 Å². The molecule has 3 N–H and O–H groups in total. The molecule has 3 aliphatic rings. The summed E-state index contributed by atoms with van der Waals surface area (Å²) in [4.78, 5) is 28.6. The van der Waals surface area contributed by atoms with Gasteiger partial charge in [0.1, 0.15) is 30.8 Å². The van der Waals surface area contributed by atoms with Gasteiger partial charge in [0, 0.05) is 18.0 Å². The van der Waals surface area contributed by atoms with Gasteiger partial charge in [0.2, 0.25) is 5.91 Å². The molecule has 5 rings (SSSR count). The topological polar surface area (TPSA) is 121 Å². The van der Waals surface area contributed by atoms with Crippen LogP contribution in [0, 0.1) is 0 Å². The SMILES string of the molecule is NC(=O)C1(Nc2ccc3c(c2)OCCn2cc(N4C(=C=O)OC[C@H]4C(F)F)nc2-3)COC1. The number of fused-ring (bicyclic) bond motifs is 3. The van der Waals surface area contributed by atoms with Gasteiger partial charge in [-0.05, 0) is 12.1 Å². The number of benzene rings is 1. The molecular weight excluding hydrogens is 428 g/mol. The second-order valence-corrected chi connectivity index (χ2v) is 7.73. The Bertz CT molecular complexity index is 1130. The molecule has 1 aromatic heterocycles. The summed E-state index contributed by atoms with van der Waals surface area (Å²) in [7, 11) is 0. The van der Waals surface area contributed by atoms with Crippen LogP contribution in [0.5, 0.6) is 5.75 Å². The van der Waals surface area contributed by atoms with E-state index in [4.69, 9.17) is 19.9 Å². The highest BCUT2D eigenvalue weighted by atomic mass is 19.3. The Morgan fingerprint density at radius 3 is 2.81 bits per heavy atom. The molecule has 168 valence electrons. The molecule has 0 bridgehead atoms. The third kappa shape index (κ3) is 3.15. The highest BCUT2D eigenvalue weighted by Gasteiger charge is 2.45. The Labute approximate surface area is 180 Å². The molecule has 2 saturated heterocycles. The predicted molar refractivity (Wildman–Crippen MR) is 107 cm³/mol. The number of nitrogens with zero attached hydrogens (tertiary/aromatic N) is 3. The average molecular weight is 447 g/mol. The number of nitrogens with two attached hydrogens (primary N) is 1. The molecule has 0 spiro atoms. The van der Waals surface area contributed by atoms with Gasteiger partial charge in [0.05, 0.1) is 25.3 Å². The van der Waals surface area contributed by atoms with Crippen molar-refractivity contribution in [2.75, 3.05) is 36.6 Å². The molecule has 0 aliphatic carbocycles. The minimum atomic E-state index is -2.74. The van der Waals surface area contributed by atoms with Crippen molar-refractivity contribution in [2.45, 2.75) is 24.6 Å². The molecule has 0 radical (unpaired) electrons. The van der Waals surface area contributed by atoms with E-state index in [-0.39, 0.29) is 31.5 Å². The molecular formula is C20H19F2N5O5. The second-order valence-electron chi connectivity index (χ2n) is 7.73. The van der Waals surface area contributed by atoms with Crippen molar-refractivity contribution in [3.63, 3.8) is 0 Å². The van der Waals surface area contributed by atoms with Crippen LogP contribution in [-0.2, 0) is 25.6 Å². The third-order valence-electron chi connectivity index (χ3n) is 5.69. The number of alkyl halides is 2. The van der Waals surface area contributed by atoms with E-state index in [9.17, 15) is 18.4 Å². The zero-order valence-corrected chi connectivity index (χ0v) is 16.7. The first kappa shape index (κ1) is 20.3. The molecule has 4 heterocycles. The van der Waals surface area contributed by atoms with Crippen LogP contribution in [0.2, 0.25) is 0 Å². The monoisotopic (exact) mass is 447 g/mol. The zero-order valence-electron chi connectivity index (χ0n) is 16.7. The highest BCUT2D eigenvalue weighted by molar-refractivity contribution is 5.89. The number of imidazole rings is 1. The average Bonchev–Trinajstić information content (AvgIpc) is 3.31. The Morgan fingerprint density at radius 2 is 2.16 bits per heavy atom. The maximum absolute atomic E-state index is 13.5. The summed E-state index contributed by atoms with van der Waals surface area (Å²) in [6, 6.07) is 3.89. The Balaban J connectivity index is 1.50. The number of amides is 1. The van der Waals surface area contributed by atoms with E-state index in [0.29, 0.717) is 36.0 Å². The van der Waals surface area contributed by atoms with Gasteiger partial charge in [-0.3, -0.25) is 9.69 Å². The van der Waals surface area contributed by atoms with Crippen LogP contribution >= 0.6 is 0 Å². The lowest BCUT2D eigenvalue weighted by atomic mass is 9.96. The van der Waals surface area contributed by atoms with Crippen molar-refractivity contribution in [3.05, 3.63) is 30.3 Å². The molecule has 3 aliphatic heterocycles. The molecule has 2 aromatic rings. The number of carbonyl (C=O) groups excluding carboxylic acids is 2. The number of hydrogen-bond donors (Lipinski definition) is 2. The molecule has 1 aromatic carbocycles. The van der Waals surface area contributed by atoms with E-state index >= 15 is 0 Å². The number of hydrogen-bond acceptors (Lipinski definition) is 8. The summed E-state index contributed by atoms with van der Waals surface area (Å²) in [5.41, 5.74) is 5.77. The van der Waals surface area contributed by atoms with Crippen LogP contribution in [0.25, 0.3) is 11.4 Å². The molecule has 32 heavy (non-hydrogen) atoms. The maximum atomic E-state index is 13.5. The normalized spacial score (nSPS) is 20.9. The Kier molecular flexibility index (Phi) is 4.75. The largest absolute Gasteiger partial charge is 0.491 e. The standard InChI is InChI=1S/C20H19F2N5O5/c21-17(22)13-8-32-16(7-28)27(13)15-6-26-3-4-31-14-5-11(1-2-12(14)18(26)24-15)25-20(19(23)29)9-30-10-20/h1-2,5-6,13,17,25H,3-4,8-10H2,(H2,23,29)/t13-/m0/s1. The van der Waals surface area contributed by atoms with Crippen molar-refractivity contribution < 1.29 is 32.6 Å². The van der Waals surface area contributed by atoms with Gasteiger partial charge in [-0.2, -0.15) is 0 Å². The van der Waals surface area contributed by atoms with Crippen molar-refractivity contribution >= 4 is 23.4 Å². The summed E-state index contributed by atoms with van der Waals surface area (Å²) in [5, 5.41) is 3.11. The number of aromatic nitrogens is 2. The van der Waals surface area contributed by atoms with E-state index < -0.39 is 23.9 Å². The van der Waals surface area contributed by atoms with Gasteiger partial charge in [0.25, 0.3) is 12.3 Å². The van der Waals surface area contributed by atoms with E-state index in [2.05, 4.69) is 10.3 Å². The van der Waals surface area contributed by atoms with Gasteiger partial charge in [-0.25, -0.2) is 18.6 Å². The second kappa shape index (κ2) is 7.50. The molecule has 12 heteroatoms. The maximum Gasteiger partial charge on any atom is 0.284 e. The lowest BCUT2D eigenvalue weighted by Gasteiger charge is -2.39. The van der Waals surface area contributed by atoms with Crippen LogP contribution in [0.3, 0.4) is 0 Å². The number of carbonyl (C=O) groups is 1. The fourth-order valence-corrected chi connectivity index (χ4v) is 3.92. The molecule has 0 unspecified atom stereocenters. The van der Waals surface area contributed by atoms with E-state index in [0.717, 1.165) is 4.90 Å². The van der Waals surface area contributed by atoms with Gasteiger partial charge in [-0.15, -0.1) is 0 Å². The van der Waals surface area contributed by atoms with Crippen molar-refractivity contribution in [3.8, 4) is 17.1 Å². The zero-order chi connectivity index (χ0) is 22.5. The lowest BCUT2D eigenvalue weighted by Crippen LogP contribution is -2.64. The van der Waals surface area contributed by atoms with Crippen molar-refractivity contribution in [1.82, 2.24) is 9.55 Å². The first-order chi connectivity index (χ1) is 15.4. The van der Waals surface area contributed by atoms with Crippen LogP contribution in [0.4, 0.5) is 20.3 Å². The minimum absolute atomic E-state index is 0.162. The molecule has 2 fully saturated rings. The van der Waals surface area contributed by atoms with E-state index in [1.807, 2.05) is 0 Å². The number of primary amides is 1. The molecule has 1 atom stereocenters. The quantitative estimate of drug-likeness (QED) is 0.645. The Morgan fingerprint density at radius 1 is 1.34 bits per heavy atom. The first-order valence-corrected chi connectivity index (χ1v) is 9.87. The summed E-state index contributed by atoms with van der Waals surface area (Å²) in [6.07, 6.45) is -1.16. The highest BCUT2D eigenvalue weighted by Crippen LogP contribution is 2.38. The van der Waals surface area contributed by atoms with Crippen LogP contribution in [0.15, 0.2) is 30.3 Å². The Hall–Kier alpha value is -3.63. The number of rotatable bonds is 5. The summed E-state index contributed by atoms with van der Waals surface area (Å²) >= 11 is 0. The van der Waals surface area contributed by atoms with Gasteiger partial charge in [-0.1, -0.05) is 0 Å². The third-order valence-corrected chi connectivity index (χ3v) is 5.69. The molecule has 1 amide bonds. The van der Waals surface area contributed by atoms with Gasteiger partial charge >= 0.3 is 0 Å². The number of halogens is 2. The molecule has 0 saturated carbocycles. The fraction of sp³-hybridized carbons (Fsp3) is 0.400. The summed E-state index contributed by atoms with van der Waals surface area (Å²) in [5.74, 6) is 1.88. The van der Waals surface area contributed by atoms with E-state index in [1.54, 1.807) is 34.9 Å². The smallest absolute Gasteiger partial charge is 0.284 e. The van der Waals surface area contributed by atoms with Crippen molar-refractivity contribution in [2.24, 2.45) is 5.73 Å². The predicted octanol–water partition coefficient (Wildman–Crippen LogP) is 0.752. The van der Waals surface area contributed by atoms with Crippen LogP contribution < -0.4 is 20.7 Å². The number of ether oxygens (including phenoxy) is 3. The number of nitrogens with one attached hydrogen (secondary N) is 1. The van der Waals surface area contributed by atoms with E-state index in [1.165, 1.54) is 0 Å². The molecule has 10 nitrogen and oxygen atoms in total. The summed E-state index contributed by atoms with van der Waals surface area (Å²) < 4.78 is 44.8. The summed E-state index contributed by atoms with van der Waals surface area (Å²) in [6.45, 7) is 0.722. The van der Waals surface area contributed by atoms with Crippen molar-refractivity contribution in [1.29, 1.82) is 0 Å². The first-order valence-electron chi connectivity index (χ1n) is 9.87.